The number of hydrogen-bond donors (Lipinski definition) is 0. The third-order valence-electron chi connectivity index (χ3n) is 5.21. The number of fused-ring (bicyclic) bond motifs is 2. The Labute approximate surface area is 166 Å². The molecule has 1 unspecified atom stereocenters. The highest BCUT2D eigenvalue weighted by Crippen LogP contribution is 2.44. The maximum atomic E-state index is 5.95. The van der Waals surface area contributed by atoms with Gasteiger partial charge in [-0.05, 0) is 41.5 Å². The van der Waals surface area contributed by atoms with Crippen molar-refractivity contribution in [3.05, 3.63) is 71.4 Å². The SMILES string of the molecule is CC(CCc1ccc(C(C)(C)C)cc1)c1cc2c(nn1)Oc1ccccc1O2. The van der Waals surface area contributed by atoms with Gasteiger partial charge in [0.15, 0.2) is 17.2 Å². The fraction of sp³-hybridized carbons (Fsp3) is 0.333. The number of ether oxygens (including phenoxy) is 2. The normalized spacial score (nSPS) is 13.7. The van der Waals surface area contributed by atoms with E-state index in [0.29, 0.717) is 23.1 Å². The van der Waals surface area contributed by atoms with E-state index in [0.717, 1.165) is 18.5 Å². The lowest BCUT2D eigenvalue weighted by molar-refractivity contribution is 0.341. The standard InChI is InChI=1S/C24H26N2O2/c1-16(9-10-17-11-13-18(14-12-17)24(2,3)4)19-15-22-23(26-25-19)28-21-8-6-5-7-20(21)27-22/h5-8,11-16H,9-10H2,1-4H3. The molecule has 0 saturated carbocycles. The molecule has 0 spiro atoms. The van der Waals surface area contributed by atoms with Crippen LogP contribution in [0.4, 0.5) is 0 Å². The minimum Gasteiger partial charge on any atom is -0.448 e. The molecule has 0 bridgehead atoms. The monoisotopic (exact) mass is 374 g/mol. The first-order valence-electron chi connectivity index (χ1n) is 9.82. The smallest absolute Gasteiger partial charge is 0.282 e. The Balaban J connectivity index is 1.43. The quantitative estimate of drug-likeness (QED) is 0.414. The van der Waals surface area contributed by atoms with Crippen molar-refractivity contribution in [3.63, 3.8) is 0 Å². The molecule has 1 aliphatic rings. The summed E-state index contributed by atoms with van der Waals surface area (Å²) in [7, 11) is 0. The molecule has 144 valence electrons. The molecule has 0 radical (unpaired) electrons. The van der Waals surface area contributed by atoms with Gasteiger partial charge in [-0.2, -0.15) is 5.10 Å². The first-order valence-corrected chi connectivity index (χ1v) is 9.82. The average molecular weight is 374 g/mol. The Hall–Kier alpha value is -2.88. The van der Waals surface area contributed by atoms with Gasteiger partial charge in [-0.15, -0.1) is 5.10 Å². The van der Waals surface area contributed by atoms with E-state index in [4.69, 9.17) is 9.47 Å². The fourth-order valence-electron chi connectivity index (χ4n) is 3.31. The zero-order valence-corrected chi connectivity index (χ0v) is 16.9. The molecular formula is C24H26N2O2. The lowest BCUT2D eigenvalue weighted by atomic mass is 9.86. The number of benzene rings is 2. The highest BCUT2D eigenvalue weighted by Gasteiger charge is 2.22. The van der Waals surface area contributed by atoms with Crippen LogP contribution in [0.5, 0.6) is 23.1 Å². The molecule has 0 aliphatic carbocycles. The predicted octanol–water partition coefficient (Wildman–Crippen LogP) is 6.41. The maximum Gasteiger partial charge on any atom is 0.282 e. The van der Waals surface area contributed by atoms with Crippen LogP contribution in [0.3, 0.4) is 0 Å². The van der Waals surface area contributed by atoms with E-state index >= 15 is 0 Å². The molecule has 28 heavy (non-hydrogen) atoms. The molecular weight excluding hydrogens is 348 g/mol. The molecule has 4 rings (SSSR count). The second kappa shape index (κ2) is 7.27. The van der Waals surface area contributed by atoms with Gasteiger partial charge in [0.05, 0.1) is 5.69 Å². The van der Waals surface area contributed by atoms with Crippen LogP contribution < -0.4 is 9.47 Å². The van der Waals surface area contributed by atoms with Crippen LogP contribution in [0.25, 0.3) is 0 Å². The summed E-state index contributed by atoms with van der Waals surface area (Å²) >= 11 is 0. The third-order valence-corrected chi connectivity index (χ3v) is 5.21. The minimum atomic E-state index is 0.186. The molecule has 2 aromatic carbocycles. The Morgan fingerprint density at radius 2 is 1.54 bits per heavy atom. The molecule has 0 amide bonds. The summed E-state index contributed by atoms with van der Waals surface area (Å²) < 4.78 is 11.7. The van der Waals surface area contributed by atoms with Gasteiger partial charge < -0.3 is 9.47 Å². The lowest BCUT2D eigenvalue weighted by Crippen LogP contribution is -2.10. The molecule has 1 aromatic heterocycles. The van der Waals surface area contributed by atoms with Crippen LogP contribution in [0.2, 0.25) is 0 Å². The first kappa shape index (κ1) is 18.5. The molecule has 3 aromatic rings. The summed E-state index contributed by atoms with van der Waals surface area (Å²) in [5, 5.41) is 8.60. The highest BCUT2D eigenvalue weighted by atomic mass is 16.6. The zero-order valence-electron chi connectivity index (χ0n) is 16.9. The van der Waals surface area contributed by atoms with Crippen molar-refractivity contribution >= 4 is 0 Å². The minimum absolute atomic E-state index is 0.186. The third kappa shape index (κ3) is 3.86. The number of hydrogen-bond acceptors (Lipinski definition) is 4. The van der Waals surface area contributed by atoms with Crippen molar-refractivity contribution in [2.24, 2.45) is 0 Å². The van der Waals surface area contributed by atoms with Crippen LogP contribution in [0.1, 0.15) is 56.9 Å². The van der Waals surface area contributed by atoms with E-state index in [1.54, 1.807) is 0 Å². The number of rotatable bonds is 4. The molecule has 4 nitrogen and oxygen atoms in total. The van der Waals surface area contributed by atoms with Crippen molar-refractivity contribution < 1.29 is 9.47 Å². The number of para-hydroxylation sites is 2. The van der Waals surface area contributed by atoms with Crippen molar-refractivity contribution in [3.8, 4) is 23.1 Å². The number of nitrogens with zero attached hydrogens (tertiary/aromatic N) is 2. The Kier molecular flexibility index (Phi) is 4.80. The van der Waals surface area contributed by atoms with Gasteiger partial charge >= 0.3 is 0 Å². The Morgan fingerprint density at radius 1 is 0.857 bits per heavy atom. The maximum absolute atomic E-state index is 5.95. The second-order valence-corrected chi connectivity index (χ2v) is 8.48. The summed E-state index contributed by atoms with van der Waals surface area (Å²) in [6.07, 6.45) is 2.00. The molecule has 1 atom stereocenters. The van der Waals surface area contributed by atoms with Crippen molar-refractivity contribution in [2.45, 2.75) is 51.9 Å². The van der Waals surface area contributed by atoms with Crippen molar-refractivity contribution in [1.82, 2.24) is 10.2 Å². The summed E-state index contributed by atoms with van der Waals surface area (Å²) in [6, 6.07) is 18.5. The highest BCUT2D eigenvalue weighted by molar-refractivity contribution is 5.51. The van der Waals surface area contributed by atoms with Gasteiger partial charge in [0, 0.05) is 12.0 Å². The predicted molar refractivity (Wildman–Crippen MR) is 111 cm³/mol. The van der Waals surface area contributed by atoms with Crippen LogP contribution >= 0.6 is 0 Å². The van der Waals surface area contributed by atoms with E-state index < -0.39 is 0 Å². The van der Waals surface area contributed by atoms with Gasteiger partial charge in [0.25, 0.3) is 5.88 Å². The summed E-state index contributed by atoms with van der Waals surface area (Å²) in [5.41, 5.74) is 3.82. The Bertz CT molecular complexity index is 975. The van der Waals surface area contributed by atoms with Gasteiger partial charge in [0.2, 0.25) is 0 Å². The van der Waals surface area contributed by atoms with Crippen molar-refractivity contribution in [2.75, 3.05) is 0 Å². The van der Waals surface area contributed by atoms with Gasteiger partial charge in [-0.25, -0.2) is 0 Å². The largest absolute Gasteiger partial charge is 0.448 e. The van der Waals surface area contributed by atoms with Gasteiger partial charge in [-0.3, -0.25) is 0 Å². The van der Waals surface area contributed by atoms with Crippen LogP contribution in [0.15, 0.2) is 54.6 Å². The molecule has 1 aliphatic heterocycles. The van der Waals surface area contributed by atoms with Gasteiger partial charge in [-0.1, -0.05) is 64.1 Å². The molecule has 0 N–H and O–H groups in total. The van der Waals surface area contributed by atoms with Crippen LogP contribution in [-0.4, -0.2) is 10.2 Å². The van der Waals surface area contributed by atoms with E-state index in [2.05, 4.69) is 62.2 Å². The molecule has 4 heteroatoms. The molecule has 0 saturated heterocycles. The first-order chi connectivity index (χ1) is 13.4. The van der Waals surface area contributed by atoms with Gasteiger partial charge in [0.1, 0.15) is 0 Å². The summed E-state index contributed by atoms with van der Waals surface area (Å²) in [6.45, 7) is 8.90. The van der Waals surface area contributed by atoms with E-state index in [1.165, 1.54) is 11.1 Å². The summed E-state index contributed by atoms with van der Waals surface area (Å²) in [5.74, 6) is 2.71. The van der Waals surface area contributed by atoms with E-state index in [9.17, 15) is 0 Å². The zero-order chi connectivity index (χ0) is 19.7. The lowest BCUT2D eigenvalue weighted by Gasteiger charge is -2.20. The van der Waals surface area contributed by atoms with E-state index in [1.807, 2.05) is 30.3 Å². The average Bonchev–Trinajstić information content (AvgIpc) is 2.69. The second-order valence-electron chi connectivity index (χ2n) is 8.48. The topological polar surface area (TPSA) is 44.2 Å². The summed E-state index contributed by atoms with van der Waals surface area (Å²) in [4.78, 5) is 0. The van der Waals surface area contributed by atoms with Crippen LogP contribution in [-0.2, 0) is 11.8 Å². The Morgan fingerprint density at radius 3 is 2.21 bits per heavy atom. The van der Waals surface area contributed by atoms with Crippen molar-refractivity contribution in [1.29, 1.82) is 0 Å². The number of aryl methyl sites for hydroxylation is 1. The molecule has 0 fully saturated rings. The number of aromatic nitrogens is 2. The fourth-order valence-corrected chi connectivity index (χ4v) is 3.31. The van der Waals surface area contributed by atoms with E-state index in [-0.39, 0.29) is 11.3 Å². The molecule has 2 heterocycles. The van der Waals surface area contributed by atoms with Crippen LogP contribution in [0, 0.1) is 0 Å².